The van der Waals surface area contributed by atoms with Crippen molar-refractivity contribution in [1.82, 2.24) is 5.32 Å². The second-order valence-electron chi connectivity index (χ2n) is 6.02. The molecule has 2 unspecified atom stereocenters. The van der Waals surface area contributed by atoms with E-state index in [1.165, 1.54) is 41.7 Å². The Morgan fingerprint density at radius 1 is 1.15 bits per heavy atom. The summed E-state index contributed by atoms with van der Waals surface area (Å²) >= 11 is 1.87. The van der Waals surface area contributed by atoms with Crippen molar-refractivity contribution in [3.05, 3.63) is 46.7 Å². The third kappa shape index (κ3) is 3.50. The van der Waals surface area contributed by atoms with E-state index in [-0.39, 0.29) is 0 Å². The van der Waals surface area contributed by atoms with Gasteiger partial charge in [-0.2, -0.15) is 0 Å². The van der Waals surface area contributed by atoms with Crippen LogP contribution in [0.25, 0.3) is 11.1 Å². The minimum atomic E-state index is 0.723. The third-order valence-corrected chi connectivity index (χ3v) is 5.20. The van der Waals surface area contributed by atoms with Crippen LogP contribution in [0.3, 0.4) is 0 Å². The molecule has 0 spiro atoms. The maximum Gasteiger partial charge on any atom is 0.0302 e. The van der Waals surface area contributed by atoms with Gasteiger partial charge in [0.05, 0.1) is 0 Å². The number of rotatable bonds is 4. The molecular weight excluding hydrogens is 262 g/mol. The molecule has 1 fully saturated rings. The molecule has 1 saturated carbocycles. The van der Waals surface area contributed by atoms with Gasteiger partial charge in [0.2, 0.25) is 0 Å². The first-order valence-electron chi connectivity index (χ1n) is 7.67. The molecule has 0 aliphatic heterocycles. The number of nitrogens with one attached hydrogen (secondary N) is 1. The Morgan fingerprint density at radius 3 is 2.80 bits per heavy atom. The highest BCUT2D eigenvalue weighted by molar-refractivity contribution is 7.10. The summed E-state index contributed by atoms with van der Waals surface area (Å²) in [6.45, 7) is 3.40. The molecule has 0 amide bonds. The highest BCUT2D eigenvalue weighted by atomic mass is 32.1. The van der Waals surface area contributed by atoms with Crippen molar-refractivity contribution < 1.29 is 0 Å². The summed E-state index contributed by atoms with van der Waals surface area (Å²) in [5.74, 6) is 0.893. The minimum absolute atomic E-state index is 0.723. The molecule has 1 heterocycles. The topological polar surface area (TPSA) is 12.0 Å². The van der Waals surface area contributed by atoms with E-state index in [1.54, 1.807) is 0 Å². The first kappa shape index (κ1) is 13.8. The molecule has 0 saturated heterocycles. The summed E-state index contributed by atoms with van der Waals surface area (Å²) in [5.41, 5.74) is 2.67. The van der Waals surface area contributed by atoms with Gasteiger partial charge in [-0.1, -0.05) is 50.1 Å². The summed E-state index contributed by atoms with van der Waals surface area (Å²) in [7, 11) is 0. The number of benzene rings is 1. The Labute approximate surface area is 126 Å². The van der Waals surface area contributed by atoms with Gasteiger partial charge < -0.3 is 5.32 Å². The summed E-state index contributed by atoms with van der Waals surface area (Å²) in [5, 5.41) is 6.02. The van der Waals surface area contributed by atoms with E-state index in [1.807, 2.05) is 11.3 Å². The van der Waals surface area contributed by atoms with Gasteiger partial charge in [-0.05, 0) is 41.3 Å². The van der Waals surface area contributed by atoms with Crippen LogP contribution in [0.15, 0.2) is 41.8 Å². The van der Waals surface area contributed by atoms with E-state index < -0.39 is 0 Å². The Kier molecular flexibility index (Phi) is 4.54. The molecule has 2 aromatic rings. The van der Waals surface area contributed by atoms with Crippen molar-refractivity contribution in [3.8, 4) is 11.1 Å². The Bertz CT molecular complexity index is 531. The van der Waals surface area contributed by atoms with Gasteiger partial charge in [-0.15, -0.1) is 11.3 Å². The van der Waals surface area contributed by atoms with E-state index in [0.717, 1.165) is 18.5 Å². The van der Waals surface area contributed by atoms with Crippen molar-refractivity contribution >= 4 is 11.3 Å². The maximum absolute atomic E-state index is 3.74. The first-order chi connectivity index (χ1) is 9.81. The van der Waals surface area contributed by atoms with Crippen LogP contribution in [0.4, 0.5) is 0 Å². The molecule has 1 aromatic heterocycles. The molecule has 0 bridgehead atoms. The lowest BCUT2D eigenvalue weighted by atomic mass is 9.87. The van der Waals surface area contributed by atoms with Crippen molar-refractivity contribution in [3.63, 3.8) is 0 Å². The highest BCUT2D eigenvalue weighted by Gasteiger charge is 2.18. The molecule has 1 aliphatic carbocycles. The molecule has 1 aromatic carbocycles. The van der Waals surface area contributed by atoms with Crippen molar-refractivity contribution in [2.75, 3.05) is 0 Å². The van der Waals surface area contributed by atoms with Crippen LogP contribution < -0.4 is 5.32 Å². The van der Waals surface area contributed by atoms with Crippen LogP contribution in [-0.4, -0.2) is 6.04 Å². The van der Waals surface area contributed by atoms with Gasteiger partial charge in [0.1, 0.15) is 0 Å². The SMILES string of the molecule is CC1CCCC(NCc2cc(-c3ccccc3)cs2)C1. The van der Waals surface area contributed by atoms with E-state index >= 15 is 0 Å². The van der Waals surface area contributed by atoms with Gasteiger partial charge in [0, 0.05) is 17.5 Å². The molecule has 2 atom stereocenters. The molecule has 3 rings (SSSR count). The fourth-order valence-electron chi connectivity index (χ4n) is 3.12. The summed E-state index contributed by atoms with van der Waals surface area (Å²) < 4.78 is 0. The van der Waals surface area contributed by atoms with Crippen LogP contribution >= 0.6 is 11.3 Å². The van der Waals surface area contributed by atoms with E-state index in [0.29, 0.717) is 0 Å². The monoisotopic (exact) mass is 285 g/mol. The van der Waals surface area contributed by atoms with E-state index in [2.05, 4.69) is 54.0 Å². The molecular formula is C18H23NS. The van der Waals surface area contributed by atoms with Crippen LogP contribution in [-0.2, 0) is 6.54 Å². The van der Waals surface area contributed by atoms with Crippen LogP contribution in [0.2, 0.25) is 0 Å². The zero-order valence-corrected chi connectivity index (χ0v) is 13.0. The fourth-order valence-corrected chi connectivity index (χ4v) is 3.96. The minimum Gasteiger partial charge on any atom is -0.309 e. The quantitative estimate of drug-likeness (QED) is 0.825. The lowest BCUT2D eigenvalue weighted by molar-refractivity contribution is 0.301. The molecule has 1 N–H and O–H groups in total. The third-order valence-electron chi connectivity index (χ3n) is 4.26. The average Bonchev–Trinajstić information content (AvgIpc) is 2.95. The number of thiophene rings is 1. The summed E-state index contributed by atoms with van der Waals surface area (Å²) in [6.07, 6.45) is 5.49. The van der Waals surface area contributed by atoms with Crippen LogP contribution in [0.5, 0.6) is 0 Å². The van der Waals surface area contributed by atoms with Gasteiger partial charge in [0.25, 0.3) is 0 Å². The molecule has 1 nitrogen and oxygen atoms in total. The number of hydrogen-bond acceptors (Lipinski definition) is 2. The Morgan fingerprint density at radius 2 is 2.00 bits per heavy atom. The van der Waals surface area contributed by atoms with Crippen molar-refractivity contribution in [2.24, 2.45) is 5.92 Å². The second kappa shape index (κ2) is 6.55. The van der Waals surface area contributed by atoms with Crippen LogP contribution in [0.1, 0.15) is 37.5 Å². The van der Waals surface area contributed by atoms with Gasteiger partial charge in [-0.25, -0.2) is 0 Å². The highest BCUT2D eigenvalue weighted by Crippen LogP contribution is 2.27. The normalized spacial score (nSPS) is 22.9. The summed E-state index contributed by atoms with van der Waals surface area (Å²) in [4.78, 5) is 1.45. The van der Waals surface area contributed by atoms with E-state index in [4.69, 9.17) is 0 Å². The average molecular weight is 285 g/mol. The lowest BCUT2D eigenvalue weighted by Crippen LogP contribution is -2.32. The molecule has 2 heteroatoms. The van der Waals surface area contributed by atoms with Gasteiger partial charge in [-0.3, -0.25) is 0 Å². The Hall–Kier alpha value is -1.12. The predicted molar refractivity (Wildman–Crippen MR) is 88.0 cm³/mol. The summed E-state index contributed by atoms with van der Waals surface area (Å²) in [6, 6.07) is 13.7. The first-order valence-corrected chi connectivity index (χ1v) is 8.55. The van der Waals surface area contributed by atoms with Gasteiger partial charge >= 0.3 is 0 Å². The molecule has 106 valence electrons. The smallest absolute Gasteiger partial charge is 0.0302 e. The fraction of sp³-hybridized carbons (Fsp3) is 0.444. The van der Waals surface area contributed by atoms with Crippen LogP contribution in [0, 0.1) is 5.92 Å². The standard InChI is InChI=1S/C18H23NS/c1-14-6-5-9-17(10-14)19-12-18-11-16(13-20-18)15-7-3-2-4-8-15/h2-4,7-8,11,13-14,17,19H,5-6,9-10,12H2,1H3. The van der Waals surface area contributed by atoms with Crippen molar-refractivity contribution in [2.45, 2.75) is 45.2 Å². The Balaban J connectivity index is 1.58. The zero-order chi connectivity index (χ0) is 13.8. The molecule has 0 radical (unpaired) electrons. The second-order valence-corrected chi connectivity index (χ2v) is 7.01. The number of hydrogen-bond donors (Lipinski definition) is 1. The lowest BCUT2D eigenvalue weighted by Gasteiger charge is -2.27. The maximum atomic E-state index is 3.74. The zero-order valence-electron chi connectivity index (χ0n) is 12.1. The van der Waals surface area contributed by atoms with Crippen molar-refractivity contribution in [1.29, 1.82) is 0 Å². The predicted octanol–water partition coefficient (Wildman–Crippen LogP) is 5.08. The molecule has 20 heavy (non-hydrogen) atoms. The molecule has 1 aliphatic rings. The van der Waals surface area contributed by atoms with E-state index in [9.17, 15) is 0 Å². The largest absolute Gasteiger partial charge is 0.309 e. The van der Waals surface area contributed by atoms with Gasteiger partial charge in [0.15, 0.2) is 0 Å².